The van der Waals surface area contributed by atoms with E-state index in [4.69, 9.17) is 10.5 Å². The van der Waals surface area contributed by atoms with Crippen molar-refractivity contribution in [3.8, 4) is 0 Å². The van der Waals surface area contributed by atoms with Crippen LogP contribution in [0.25, 0.3) is 0 Å². The Morgan fingerprint density at radius 2 is 2.00 bits per heavy atom. The second-order valence-electron chi connectivity index (χ2n) is 3.45. The molecule has 2 fully saturated rings. The van der Waals surface area contributed by atoms with Crippen molar-refractivity contribution in [1.29, 1.82) is 0 Å². The molecule has 2 N–H and O–H groups in total. The molecular weight excluding hydrogens is 126 g/mol. The van der Waals surface area contributed by atoms with Gasteiger partial charge in [0.05, 0.1) is 12.2 Å². The van der Waals surface area contributed by atoms with Gasteiger partial charge in [0, 0.05) is 6.54 Å². The predicted molar refractivity (Wildman–Crippen MR) is 39.7 cm³/mol. The highest BCUT2D eigenvalue weighted by molar-refractivity contribution is 4.87. The van der Waals surface area contributed by atoms with Crippen LogP contribution in [0.15, 0.2) is 0 Å². The molecule has 2 atom stereocenters. The number of hydrogen-bond acceptors (Lipinski definition) is 2. The topological polar surface area (TPSA) is 35.2 Å². The summed E-state index contributed by atoms with van der Waals surface area (Å²) in [6.07, 6.45) is 6.19. The Kier molecular flexibility index (Phi) is 1.66. The van der Waals surface area contributed by atoms with Crippen molar-refractivity contribution < 1.29 is 4.74 Å². The first kappa shape index (κ1) is 6.62. The normalized spacial score (nSPS) is 40.5. The first-order valence-corrected chi connectivity index (χ1v) is 4.25. The van der Waals surface area contributed by atoms with E-state index in [9.17, 15) is 0 Å². The molecule has 1 heterocycles. The van der Waals surface area contributed by atoms with Gasteiger partial charge in [0.15, 0.2) is 0 Å². The Labute approximate surface area is 61.7 Å². The van der Waals surface area contributed by atoms with Gasteiger partial charge in [0.25, 0.3) is 0 Å². The molecule has 2 aliphatic rings. The molecule has 2 rings (SSSR count). The van der Waals surface area contributed by atoms with Crippen molar-refractivity contribution in [1.82, 2.24) is 0 Å². The fourth-order valence-corrected chi connectivity index (χ4v) is 1.72. The van der Waals surface area contributed by atoms with E-state index in [1.165, 1.54) is 25.7 Å². The summed E-state index contributed by atoms with van der Waals surface area (Å²) in [4.78, 5) is 0. The van der Waals surface area contributed by atoms with Gasteiger partial charge < -0.3 is 10.5 Å². The maximum atomic E-state index is 5.71. The number of ether oxygens (including phenoxy) is 1. The van der Waals surface area contributed by atoms with E-state index >= 15 is 0 Å². The van der Waals surface area contributed by atoms with E-state index in [0.29, 0.717) is 18.8 Å². The Morgan fingerprint density at radius 3 is 2.50 bits per heavy atom. The summed E-state index contributed by atoms with van der Waals surface area (Å²) < 4.78 is 5.71. The molecule has 0 unspecified atom stereocenters. The number of hydrogen-bond donors (Lipinski definition) is 1. The van der Waals surface area contributed by atoms with Crippen molar-refractivity contribution in [3.63, 3.8) is 0 Å². The van der Waals surface area contributed by atoms with Crippen LogP contribution in [0.2, 0.25) is 0 Å². The lowest BCUT2D eigenvalue weighted by atomic mass is 10.1. The fourth-order valence-electron chi connectivity index (χ4n) is 1.72. The lowest BCUT2D eigenvalue weighted by Gasteiger charge is -2.10. The minimum atomic E-state index is 0.380. The Bertz CT molecular complexity index is 122. The van der Waals surface area contributed by atoms with E-state index < -0.39 is 0 Å². The van der Waals surface area contributed by atoms with Gasteiger partial charge in [-0.2, -0.15) is 0 Å². The van der Waals surface area contributed by atoms with Crippen LogP contribution in [0.4, 0.5) is 0 Å². The molecule has 0 aromatic rings. The molecule has 0 bridgehead atoms. The quantitative estimate of drug-likeness (QED) is 0.620. The van der Waals surface area contributed by atoms with Crippen molar-refractivity contribution in [2.75, 3.05) is 6.54 Å². The largest absolute Gasteiger partial charge is 0.373 e. The second-order valence-corrected chi connectivity index (χ2v) is 3.45. The third-order valence-corrected chi connectivity index (χ3v) is 2.55. The molecule has 1 aliphatic carbocycles. The monoisotopic (exact) mass is 141 g/mol. The van der Waals surface area contributed by atoms with E-state index in [-0.39, 0.29) is 0 Å². The fraction of sp³-hybridized carbons (Fsp3) is 1.00. The highest BCUT2D eigenvalue weighted by atomic mass is 16.5. The van der Waals surface area contributed by atoms with Crippen LogP contribution in [0, 0.1) is 5.92 Å². The molecule has 0 spiro atoms. The molecule has 1 aliphatic heterocycles. The SMILES string of the molecule is NC[C@@H]1CC[C@H](C2CC2)O1. The first-order chi connectivity index (χ1) is 4.90. The third kappa shape index (κ3) is 1.18. The van der Waals surface area contributed by atoms with Gasteiger partial charge in [0.1, 0.15) is 0 Å². The molecule has 2 nitrogen and oxygen atoms in total. The lowest BCUT2D eigenvalue weighted by molar-refractivity contribution is 0.0378. The standard InChI is InChI=1S/C8H15NO/c9-5-7-3-4-8(10-7)6-1-2-6/h6-8H,1-5,9H2/t7-,8+/m0/s1. The molecule has 0 aromatic heterocycles. The molecule has 1 saturated heterocycles. The van der Waals surface area contributed by atoms with E-state index in [0.717, 1.165) is 5.92 Å². The van der Waals surface area contributed by atoms with Crippen LogP contribution in [-0.4, -0.2) is 18.8 Å². The molecular formula is C8H15NO. The predicted octanol–water partition coefficient (Wildman–Crippen LogP) is 0.903. The van der Waals surface area contributed by atoms with Crippen LogP contribution in [0.1, 0.15) is 25.7 Å². The van der Waals surface area contributed by atoms with E-state index in [2.05, 4.69) is 0 Å². The maximum absolute atomic E-state index is 5.71. The minimum absolute atomic E-state index is 0.380. The summed E-state index contributed by atoms with van der Waals surface area (Å²) in [5.41, 5.74) is 5.49. The Morgan fingerprint density at radius 1 is 1.20 bits per heavy atom. The van der Waals surface area contributed by atoms with E-state index in [1.54, 1.807) is 0 Å². The molecule has 0 aromatic carbocycles. The Hall–Kier alpha value is -0.0800. The van der Waals surface area contributed by atoms with Crippen LogP contribution in [-0.2, 0) is 4.74 Å². The summed E-state index contributed by atoms with van der Waals surface area (Å²) in [7, 11) is 0. The maximum Gasteiger partial charge on any atom is 0.0702 e. The molecule has 58 valence electrons. The van der Waals surface area contributed by atoms with Gasteiger partial charge in [-0.3, -0.25) is 0 Å². The van der Waals surface area contributed by atoms with Gasteiger partial charge in [-0.1, -0.05) is 0 Å². The molecule has 0 radical (unpaired) electrons. The summed E-state index contributed by atoms with van der Waals surface area (Å²) in [6, 6.07) is 0. The summed E-state index contributed by atoms with van der Waals surface area (Å²) >= 11 is 0. The molecule has 2 heteroatoms. The molecule has 10 heavy (non-hydrogen) atoms. The van der Waals surface area contributed by atoms with Crippen molar-refractivity contribution in [2.45, 2.75) is 37.9 Å². The zero-order valence-electron chi connectivity index (χ0n) is 6.25. The second kappa shape index (κ2) is 2.51. The molecule has 0 amide bonds. The number of nitrogens with two attached hydrogens (primary N) is 1. The third-order valence-electron chi connectivity index (χ3n) is 2.55. The van der Waals surface area contributed by atoms with Crippen molar-refractivity contribution >= 4 is 0 Å². The molecule has 1 saturated carbocycles. The summed E-state index contributed by atoms with van der Waals surface area (Å²) in [5, 5.41) is 0. The highest BCUT2D eigenvalue weighted by Gasteiger charge is 2.36. The minimum Gasteiger partial charge on any atom is -0.373 e. The summed E-state index contributed by atoms with van der Waals surface area (Å²) in [6.45, 7) is 0.712. The smallest absolute Gasteiger partial charge is 0.0702 e. The van der Waals surface area contributed by atoms with Crippen LogP contribution >= 0.6 is 0 Å². The van der Waals surface area contributed by atoms with Crippen LogP contribution < -0.4 is 5.73 Å². The highest BCUT2D eigenvalue weighted by Crippen LogP contribution is 2.39. The number of rotatable bonds is 2. The zero-order valence-corrected chi connectivity index (χ0v) is 6.25. The van der Waals surface area contributed by atoms with Crippen LogP contribution in [0.3, 0.4) is 0 Å². The van der Waals surface area contributed by atoms with Crippen molar-refractivity contribution in [2.24, 2.45) is 11.7 Å². The van der Waals surface area contributed by atoms with Crippen molar-refractivity contribution in [3.05, 3.63) is 0 Å². The average Bonchev–Trinajstić information content (AvgIpc) is 2.70. The van der Waals surface area contributed by atoms with Gasteiger partial charge in [-0.25, -0.2) is 0 Å². The summed E-state index contributed by atoms with van der Waals surface area (Å²) in [5.74, 6) is 0.900. The van der Waals surface area contributed by atoms with Crippen LogP contribution in [0.5, 0.6) is 0 Å². The lowest BCUT2D eigenvalue weighted by Crippen LogP contribution is -2.21. The Balaban J connectivity index is 1.81. The zero-order chi connectivity index (χ0) is 6.97. The average molecular weight is 141 g/mol. The van der Waals surface area contributed by atoms with Gasteiger partial charge in [-0.05, 0) is 31.6 Å². The van der Waals surface area contributed by atoms with Gasteiger partial charge in [0.2, 0.25) is 0 Å². The van der Waals surface area contributed by atoms with Gasteiger partial charge >= 0.3 is 0 Å². The van der Waals surface area contributed by atoms with Gasteiger partial charge in [-0.15, -0.1) is 0 Å². The first-order valence-electron chi connectivity index (χ1n) is 4.25. The van der Waals surface area contributed by atoms with E-state index in [1.807, 2.05) is 0 Å².